The van der Waals surface area contributed by atoms with Crippen molar-refractivity contribution in [1.29, 1.82) is 0 Å². The molecule has 0 aliphatic heterocycles. The molecule has 1 unspecified atom stereocenters. The Hall–Kier alpha value is -1.06. The normalized spacial score (nSPS) is 12.8. The van der Waals surface area contributed by atoms with Crippen molar-refractivity contribution in [3.63, 3.8) is 0 Å². The second-order valence-electron chi connectivity index (χ2n) is 5.34. The fraction of sp³-hybridized carbons (Fsp3) is 0.625. The molecule has 0 heterocycles. The van der Waals surface area contributed by atoms with Crippen LogP contribution in [-0.2, 0) is 0 Å². The van der Waals surface area contributed by atoms with Gasteiger partial charge in [0.05, 0.1) is 6.61 Å². The van der Waals surface area contributed by atoms with E-state index in [1.165, 1.54) is 16.7 Å². The second-order valence-corrected chi connectivity index (χ2v) is 5.34. The standard InChI is InChI=1S/C16H28N2O/c1-5-6-19-16-8-11(2)15(7-12(16)3)13(4)14(9-17)10-18/h7-8,13-14H,5-6,9-10,17-18H2,1-4H3. The average molecular weight is 264 g/mol. The summed E-state index contributed by atoms with van der Waals surface area (Å²) in [6, 6.07) is 4.37. The molecule has 0 aromatic heterocycles. The van der Waals surface area contributed by atoms with Gasteiger partial charge in [0.2, 0.25) is 0 Å². The van der Waals surface area contributed by atoms with Gasteiger partial charge < -0.3 is 16.2 Å². The quantitative estimate of drug-likeness (QED) is 0.796. The zero-order valence-corrected chi connectivity index (χ0v) is 12.7. The first kappa shape index (κ1) is 16.0. The first-order valence-electron chi connectivity index (χ1n) is 7.19. The maximum atomic E-state index is 5.80. The lowest BCUT2D eigenvalue weighted by Gasteiger charge is -2.24. The summed E-state index contributed by atoms with van der Waals surface area (Å²) >= 11 is 0. The molecule has 19 heavy (non-hydrogen) atoms. The van der Waals surface area contributed by atoms with Crippen molar-refractivity contribution < 1.29 is 4.74 Å². The molecule has 3 nitrogen and oxygen atoms in total. The minimum atomic E-state index is 0.334. The molecule has 1 aromatic carbocycles. The minimum Gasteiger partial charge on any atom is -0.493 e. The highest BCUT2D eigenvalue weighted by molar-refractivity contribution is 5.43. The fourth-order valence-electron chi connectivity index (χ4n) is 2.43. The van der Waals surface area contributed by atoms with E-state index in [4.69, 9.17) is 16.2 Å². The largest absolute Gasteiger partial charge is 0.493 e. The maximum absolute atomic E-state index is 5.80. The SMILES string of the molecule is CCCOc1cc(C)c(C(C)C(CN)CN)cc1C. The molecule has 0 spiro atoms. The van der Waals surface area contributed by atoms with Gasteiger partial charge in [0.15, 0.2) is 0 Å². The summed E-state index contributed by atoms with van der Waals surface area (Å²) in [5, 5.41) is 0. The molecule has 108 valence electrons. The van der Waals surface area contributed by atoms with Crippen LogP contribution in [-0.4, -0.2) is 19.7 Å². The van der Waals surface area contributed by atoms with E-state index in [2.05, 4.69) is 39.8 Å². The third-order valence-electron chi connectivity index (χ3n) is 3.83. The topological polar surface area (TPSA) is 61.3 Å². The molecule has 0 bridgehead atoms. The van der Waals surface area contributed by atoms with Crippen LogP contribution in [0.5, 0.6) is 5.75 Å². The van der Waals surface area contributed by atoms with Gasteiger partial charge in [0, 0.05) is 0 Å². The van der Waals surface area contributed by atoms with Crippen LogP contribution < -0.4 is 16.2 Å². The van der Waals surface area contributed by atoms with Crippen molar-refractivity contribution in [2.75, 3.05) is 19.7 Å². The molecule has 3 heteroatoms. The number of hydrogen-bond acceptors (Lipinski definition) is 3. The van der Waals surface area contributed by atoms with Gasteiger partial charge in [-0.2, -0.15) is 0 Å². The van der Waals surface area contributed by atoms with Crippen LogP contribution in [0, 0.1) is 19.8 Å². The molecule has 0 aliphatic carbocycles. The molecule has 1 atom stereocenters. The van der Waals surface area contributed by atoms with Crippen LogP contribution in [0.3, 0.4) is 0 Å². The van der Waals surface area contributed by atoms with Gasteiger partial charge in [-0.05, 0) is 68.0 Å². The van der Waals surface area contributed by atoms with Crippen LogP contribution in [0.2, 0.25) is 0 Å². The summed E-state index contributed by atoms with van der Waals surface area (Å²) in [5.41, 5.74) is 15.4. The van der Waals surface area contributed by atoms with Gasteiger partial charge in [-0.3, -0.25) is 0 Å². The van der Waals surface area contributed by atoms with Crippen molar-refractivity contribution in [2.24, 2.45) is 17.4 Å². The molecule has 0 saturated carbocycles. The third kappa shape index (κ3) is 3.95. The van der Waals surface area contributed by atoms with Crippen LogP contribution >= 0.6 is 0 Å². The van der Waals surface area contributed by atoms with E-state index < -0.39 is 0 Å². The lowest BCUT2D eigenvalue weighted by molar-refractivity contribution is 0.315. The summed E-state index contributed by atoms with van der Waals surface area (Å²) in [5.74, 6) is 1.71. The number of hydrogen-bond donors (Lipinski definition) is 2. The van der Waals surface area contributed by atoms with Crippen molar-refractivity contribution in [3.8, 4) is 5.75 Å². The predicted octanol–water partition coefficient (Wildman–Crippen LogP) is 2.73. The Morgan fingerprint density at radius 3 is 2.26 bits per heavy atom. The monoisotopic (exact) mass is 264 g/mol. The lowest BCUT2D eigenvalue weighted by Crippen LogP contribution is -2.28. The predicted molar refractivity (Wildman–Crippen MR) is 81.7 cm³/mol. The van der Waals surface area contributed by atoms with E-state index in [0.717, 1.165) is 18.8 Å². The smallest absolute Gasteiger partial charge is 0.122 e. The minimum absolute atomic E-state index is 0.334. The Balaban J connectivity index is 3.00. The first-order valence-corrected chi connectivity index (χ1v) is 7.19. The van der Waals surface area contributed by atoms with Gasteiger partial charge >= 0.3 is 0 Å². The highest BCUT2D eigenvalue weighted by Crippen LogP contribution is 2.31. The molecule has 1 aromatic rings. The van der Waals surface area contributed by atoms with Gasteiger partial charge in [-0.25, -0.2) is 0 Å². The summed E-state index contributed by atoms with van der Waals surface area (Å²) in [6.07, 6.45) is 1.03. The van der Waals surface area contributed by atoms with E-state index in [1.54, 1.807) is 0 Å². The maximum Gasteiger partial charge on any atom is 0.122 e. The molecule has 0 aliphatic rings. The van der Waals surface area contributed by atoms with E-state index in [-0.39, 0.29) is 0 Å². The Morgan fingerprint density at radius 2 is 1.74 bits per heavy atom. The summed E-state index contributed by atoms with van der Waals surface area (Å²) in [6.45, 7) is 10.6. The van der Waals surface area contributed by atoms with Crippen molar-refractivity contribution in [3.05, 3.63) is 28.8 Å². The second kappa shape index (κ2) is 7.51. The highest BCUT2D eigenvalue weighted by atomic mass is 16.5. The zero-order valence-electron chi connectivity index (χ0n) is 12.7. The summed E-state index contributed by atoms with van der Waals surface area (Å²) in [7, 11) is 0. The zero-order chi connectivity index (χ0) is 14.4. The Kier molecular flexibility index (Phi) is 6.32. The molecule has 0 fully saturated rings. The van der Waals surface area contributed by atoms with E-state index in [9.17, 15) is 0 Å². The van der Waals surface area contributed by atoms with Crippen molar-refractivity contribution >= 4 is 0 Å². The summed E-state index contributed by atoms with van der Waals surface area (Å²) in [4.78, 5) is 0. The molecule has 0 amide bonds. The van der Waals surface area contributed by atoms with Crippen molar-refractivity contribution in [1.82, 2.24) is 0 Å². The van der Waals surface area contributed by atoms with Crippen LogP contribution in [0.4, 0.5) is 0 Å². The lowest BCUT2D eigenvalue weighted by atomic mass is 9.84. The number of benzene rings is 1. The fourth-order valence-corrected chi connectivity index (χ4v) is 2.43. The number of ether oxygens (including phenoxy) is 1. The number of nitrogens with two attached hydrogens (primary N) is 2. The number of aryl methyl sites for hydroxylation is 2. The molecular formula is C16H28N2O. The number of rotatable bonds is 7. The highest BCUT2D eigenvalue weighted by Gasteiger charge is 2.19. The Morgan fingerprint density at radius 1 is 1.11 bits per heavy atom. The van der Waals surface area contributed by atoms with Crippen LogP contribution in [0.25, 0.3) is 0 Å². The molecule has 0 radical (unpaired) electrons. The molecule has 4 N–H and O–H groups in total. The Bertz CT molecular complexity index is 400. The third-order valence-corrected chi connectivity index (χ3v) is 3.83. The van der Waals surface area contributed by atoms with Crippen LogP contribution in [0.1, 0.15) is 42.9 Å². The summed E-state index contributed by atoms with van der Waals surface area (Å²) < 4.78 is 5.77. The van der Waals surface area contributed by atoms with Gasteiger partial charge in [-0.1, -0.05) is 19.9 Å². The first-order chi connectivity index (χ1) is 9.04. The van der Waals surface area contributed by atoms with E-state index in [1.807, 2.05) is 0 Å². The molecular weight excluding hydrogens is 236 g/mol. The average Bonchev–Trinajstić information content (AvgIpc) is 2.40. The van der Waals surface area contributed by atoms with Gasteiger partial charge in [-0.15, -0.1) is 0 Å². The Labute approximate surface area is 117 Å². The molecule has 0 saturated heterocycles. The van der Waals surface area contributed by atoms with Gasteiger partial charge in [0.1, 0.15) is 5.75 Å². The van der Waals surface area contributed by atoms with Crippen LogP contribution in [0.15, 0.2) is 12.1 Å². The van der Waals surface area contributed by atoms with E-state index in [0.29, 0.717) is 24.9 Å². The molecule has 1 rings (SSSR count). The van der Waals surface area contributed by atoms with E-state index >= 15 is 0 Å². The van der Waals surface area contributed by atoms with Gasteiger partial charge in [0.25, 0.3) is 0 Å². The van der Waals surface area contributed by atoms with Crippen molar-refractivity contribution in [2.45, 2.75) is 40.0 Å².